The number of aryl methyl sites for hydroxylation is 1. The number of halogens is 1. The predicted octanol–water partition coefficient (Wildman–Crippen LogP) is 2.43. The molecule has 1 aromatic rings. The fourth-order valence-electron chi connectivity index (χ4n) is 2.21. The molecule has 2 rings (SSSR count). The summed E-state index contributed by atoms with van der Waals surface area (Å²) in [6.45, 7) is 4.46. The van der Waals surface area contributed by atoms with Crippen molar-refractivity contribution in [3.05, 3.63) is 35.1 Å². The van der Waals surface area contributed by atoms with Crippen molar-refractivity contribution in [1.29, 1.82) is 0 Å². The van der Waals surface area contributed by atoms with Gasteiger partial charge in [0.15, 0.2) is 0 Å². The van der Waals surface area contributed by atoms with Crippen molar-refractivity contribution in [1.82, 2.24) is 5.32 Å². The summed E-state index contributed by atoms with van der Waals surface area (Å²) in [6, 6.07) is 4.63. The second kappa shape index (κ2) is 5.48. The van der Waals surface area contributed by atoms with Crippen molar-refractivity contribution in [2.45, 2.75) is 38.8 Å². The van der Waals surface area contributed by atoms with Gasteiger partial charge in [0.2, 0.25) is 0 Å². The molecule has 1 aliphatic heterocycles. The second-order valence-corrected chi connectivity index (χ2v) is 4.86. The molecule has 1 aromatic carbocycles. The molecule has 1 heterocycles. The summed E-state index contributed by atoms with van der Waals surface area (Å²) >= 11 is 0. The highest BCUT2D eigenvalue weighted by Crippen LogP contribution is 2.15. The normalized spacial score (nSPS) is 23.7. The first kappa shape index (κ1) is 13.0. The smallest absolute Gasteiger partial charge is 0.254 e. The van der Waals surface area contributed by atoms with E-state index in [1.165, 1.54) is 6.07 Å². The topological polar surface area (TPSA) is 38.3 Å². The molecule has 1 saturated heterocycles. The summed E-state index contributed by atoms with van der Waals surface area (Å²) in [6.07, 6.45) is 1.70. The third-order valence-electron chi connectivity index (χ3n) is 3.19. The Labute approximate surface area is 106 Å². The van der Waals surface area contributed by atoms with E-state index >= 15 is 0 Å². The number of nitrogens with one attached hydrogen (secondary N) is 1. The molecule has 4 heteroatoms. The van der Waals surface area contributed by atoms with Gasteiger partial charge in [0, 0.05) is 12.6 Å². The quantitative estimate of drug-likeness (QED) is 0.876. The van der Waals surface area contributed by atoms with Crippen molar-refractivity contribution < 1.29 is 13.9 Å². The summed E-state index contributed by atoms with van der Waals surface area (Å²) < 4.78 is 19.0. The SMILES string of the molecule is Cc1ccc(F)c(C(=O)NC2CCOC(C)C2)c1. The molecule has 0 aromatic heterocycles. The lowest BCUT2D eigenvalue weighted by Gasteiger charge is -2.28. The summed E-state index contributed by atoms with van der Waals surface area (Å²) in [5.41, 5.74) is 0.996. The van der Waals surface area contributed by atoms with E-state index in [1.54, 1.807) is 12.1 Å². The van der Waals surface area contributed by atoms with Crippen LogP contribution in [0.4, 0.5) is 4.39 Å². The predicted molar refractivity (Wildman–Crippen MR) is 67.0 cm³/mol. The average Bonchev–Trinajstić information content (AvgIpc) is 2.32. The zero-order valence-corrected chi connectivity index (χ0v) is 10.7. The average molecular weight is 251 g/mol. The first-order valence-electron chi connectivity index (χ1n) is 6.25. The second-order valence-electron chi connectivity index (χ2n) is 4.86. The number of carbonyl (C=O) groups excluding carboxylic acids is 1. The number of ether oxygens (including phenoxy) is 1. The van der Waals surface area contributed by atoms with Gasteiger partial charge in [0.1, 0.15) is 5.82 Å². The molecule has 1 fully saturated rings. The van der Waals surface area contributed by atoms with Crippen molar-refractivity contribution in [2.24, 2.45) is 0 Å². The van der Waals surface area contributed by atoms with Crippen LogP contribution in [0.2, 0.25) is 0 Å². The Morgan fingerprint density at radius 3 is 3.00 bits per heavy atom. The van der Waals surface area contributed by atoms with E-state index in [1.807, 2.05) is 13.8 Å². The highest BCUT2D eigenvalue weighted by atomic mass is 19.1. The minimum absolute atomic E-state index is 0.0705. The molecule has 0 saturated carbocycles. The molecule has 2 atom stereocenters. The summed E-state index contributed by atoms with van der Waals surface area (Å²) in [4.78, 5) is 12.0. The van der Waals surface area contributed by atoms with Gasteiger partial charge in [0.25, 0.3) is 5.91 Å². The van der Waals surface area contributed by atoms with Crippen LogP contribution in [0.3, 0.4) is 0 Å². The molecule has 0 aliphatic carbocycles. The Balaban J connectivity index is 2.05. The van der Waals surface area contributed by atoms with Gasteiger partial charge in [-0.2, -0.15) is 0 Å². The van der Waals surface area contributed by atoms with Gasteiger partial charge < -0.3 is 10.1 Å². The lowest BCUT2D eigenvalue weighted by molar-refractivity contribution is 0.0136. The number of carbonyl (C=O) groups is 1. The minimum Gasteiger partial charge on any atom is -0.378 e. The molecule has 2 unspecified atom stereocenters. The van der Waals surface area contributed by atoms with Gasteiger partial charge in [-0.05, 0) is 38.8 Å². The van der Waals surface area contributed by atoms with Crippen LogP contribution in [0.25, 0.3) is 0 Å². The lowest BCUT2D eigenvalue weighted by Crippen LogP contribution is -2.41. The van der Waals surface area contributed by atoms with Crippen LogP contribution < -0.4 is 5.32 Å². The minimum atomic E-state index is -0.474. The summed E-state index contributed by atoms with van der Waals surface area (Å²) in [5, 5.41) is 2.87. The van der Waals surface area contributed by atoms with Gasteiger partial charge in [0.05, 0.1) is 11.7 Å². The van der Waals surface area contributed by atoms with Crippen LogP contribution in [-0.4, -0.2) is 24.7 Å². The third-order valence-corrected chi connectivity index (χ3v) is 3.19. The van der Waals surface area contributed by atoms with Crippen LogP contribution in [0.15, 0.2) is 18.2 Å². The van der Waals surface area contributed by atoms with E-state index in [0.717, 1.165) is 18.4 Å². The number of rotatable bonds is 2. The maximum Gasteiger partial charge on any atom is 0.254 e. The molecular formula is C14H18FNO2. The van der Waals surface area contributed by atoms with Crippen molar-refractivity contribution in [2.75, 3.05) is 6.61 Å². The first-order valence-corrected chi connectivity index (χ1v) is 6.25. The van der Waals surface area contributed by atoms with Gasteiger partial charge in [-0.3, -0.25) is 4.79 Å². The molecule has 0 spiro atoms. The van der Waals surface area contributed by atoms with E-state index < -0.39 is 5.82 Å². The van der Waals surface area contributed by atoms with Crippen LogP contribution >= 0.6 is 0 Å². The van der Waals surface area contributed by atoms with Crippen molar-refractivity contribution in [3.63, 3.8) is 0 Å². The number of benzene rings is 1. The Morgan fingerprint density at radius 1 is 1.50 bits per heavy atom. The molecule has 1 N–H and O–H groups in total. The van der Waals surface area contributed by atoms with Gasteiger partial charge >= 0.3 is 0 Å². The third kappa shape index (κ3) is 3.07. The van der Waals surface area contributed by atoms with Crippen molar-refractivity contribution in [3.8, 4) is 0 Å². The highest BCUT2D eigenvalue weighted by molar-refractivity contribution is 5.94. The number of hydrogen-bond acceptors (Lipinski definition) is 2. The Morgan fingerprint density at radius 2 is 2.28 bits per heavy atom. The molecule has 0 bridgehead atoms. The van der Waals surface area contributed by atoms with Crippen molar-refractivity contribution >= 4 is 5.91 Å². The molecule has 98 valence electrons. The van der Waals surface area contributed by atoms with E-state index in [9.17, 15) is 9.18 Å². The lowest BCUT2D eigenvalue weighted by atomic mass is 10.0. The molecule has 18 heavy (non-hydrogen) atoms. The Hall–Kier alpha value is -1.42. The van der Waals surface area contributed by atoms with Crippen LogP contribution in [0, 0.1) is 12.7 Å². The van der Waals surface area contributed by atoms with Crippen LogP contribution in [0.5, 0.6) is 0 Å². The van der Waals surface area contributed by atoms with Gasteiger partial charge in [-0.25, -0.2) is 4.39 Å². The maximum atomic E-state index is 13.6. The highest BCUT2D eigenvalue weighted by Gasteiger charge is 2.22. The van der Waals surface area contributed by atoms with E-state index in [-0.39, 0.29) is 23.6 Å². The monoisotopic (exact) mass is 251 g/mol. The molecule has 1 aliphatic rings. The fourth-order valence-corrected chi connectivity index (χ4v) is 2.21. The van der Waals surface area contributed by atoms with E-state index in [0.29, 0.717) is 6.61 Å². The summed E-state index contributed by atoms with van der Waals surface area (Å²) in [5.74, 6) is -0.812. The maximum absolute atomic E-state index is 13.6. The Bertz CT molecular complexity index is 447. The van der Waals surface area contributed by atoms with E-state index in [4.69, 9.17) is 4.74 Å². The molecule has 0 radical (unpaired) electrons. The van der Waals surface area contributed by atoms with Gasteiger partial charge in [-0.1, -0.05) is 11.6 Å². The number of hydrogen-bond donors (Lipinski definition) is 1. The molecular weight excluding hydrogens is 233 g/mol. The largest absolute Gasteiger partial charge is 0.378 e. The zero-order valence-electron chi connectivity index (χ0n) is 10.7. The Kier molecular flexibility index (Phi) is 3.97. The molecule has 1 amide bonds. The van der Waals surface area contributed by atoms with Gasteiger partial charge in [-0.15, -0.1) is 0 Å². The van der Waals surface area contributed by atoms with Crippen LogP contribution in [-0.2, 0) is 4.74 Å². The first-order chi connectivity index (χ1) is 8.56. The summed E-state index contributed by atoms with van der Waals surface area (Å²) in [7, 11) is 0. The fraction of sp³-hybridized carbons (Fsp3) is 0.500. The zero-order chi connectivity index (χ0) is 13.1. The number of amides is 1. The molecule has 3 nitrogen and oxygen atoms in total. The van der Waals surface area contributed by atoms with E-state index in [2.05, 4.69) is 5.32 Å². The van der Waals surface area contributed by atoms with Crippen LogP contribution in [0.1, 0.15) is 35.7 Å². The standard InChI is InChI=1S/C14H18FNO2/c1-9-3-4-13(15)12(7-9)14(17)16-11-5-6-18-10(2)8-11/h3-4,7,10-11H,5-6,8H2,1-2H3,(H,16,17).